The summed E-state index contributed by atoms with van der Waals surface area (Å²) in [5, 5.41) is 5.65. The number of ether oxygens (including phenoxy) is 2. The largest absolute Gasteiger partial charge is 0.486 e. The first-order chi connectivity index (χ1) is 12.7. The van der Waals surface area contributed by atoms with E-state index in [2.05, 4.69) is 20.6 Å². The van der Waals surface area contributed by atoms with Gasteiger partial charge in [-0.15, -0.1) is 0 Å². The fourth-order valence-corrected chi connectivity index (χ4v) is 2.48. The van der Waals surface area contributed by atoms with Crippen molar-refractivity contribution in [3.63, 3.8) is 0 Å². The monoisotopic (exact) mass is 356 g/mol. The lowest BCUT2D eigenvalue weighted by molar-refractivity contribution is 0.171. The number of rotatable bonds is 4. The SMILES string of the molecule is Fc1cccc(F)c1Nc1ccnc(Nc2ccc3c(c2)OCCO3)n1. The second-order valence-electron chi connectivity index (χ2n) is 5.47. The summed E-state index contributed by atoms with van der Waals surface area (Å²) in [6, 6.07) is 10.5. The Morgan fingerprint density at radius 3 is 2.46 bits per heavy atom. The molecule has 26 heavy (non-hydrogen) atoms. The van der Waals surface area contributed by atoms with Crippen LogP contribution in [0.5, 0.6) is 11.5 Å². The number of fused-ring (bicyclic) bond motifs is 1. The van der Waals surface area contributed by atoms with E-state index < -0.39 is 11.6 Å². The van der Waals surface area contributed by atoms with E-state index in [1.807, 2.05) is 0 Å². The van der Waals surface area contributed by atoms with E-state index in [4.69, 9.17) is 9.47 Å². The highest BCUT2D eigenvalue weighted by Gasteiger charge is 2.13. The van der Waals surface area contributed by atoms with Crippen molar-refractivity contribution in [3.8, 4) is 11.5 Å². The maximum atomic E-state index is 13.8. The minimum absolute atomic E-state index is 0.254. The highest BCUT2D eigenvalue weighted by atomic mass is 19.1. The Kier molecular flexibility index (Phi) is 4.22. The third-order valence-electron chi connectivity index (χ3n) is 3.67. The van der Waals surface area contributed by atoms with Gasteiger partial charge in [0, 0.05) is 18.0 Å². The average molecular weight is 356 g/mol. The fraction of sp³-hybridized carbons (Fsp3) is 0.111. The minimum atomic E-state index is -0.704. The number of benzene rings is 2. The molecule has 0 atom stereocenters. The molecule has 0 amide bonds. The Morgan fingerprint density at radius 1 is 0.885 bits per heavy atom. The Hall–Kier alpha value is -3.42. The molecule has 6 nitrogen and oxygen atoms in total. The molecule has 0 radical (unpaired) electrons. The molecular formula is C18H14F2N4O2. The Morgan fingerprint density at radius 2 is 1.65 bits per heavy atom. The third kappa shape index (κ3) is 3.34. The summed E-state index contributed by atoms with van der Waals surface area (Å²) in [6.45, 7) is 1.00. The van der Waals surface area contributed by atoms with Crippen molar-refractivity contribution in [3.05, 3.63) is 60.3 Å². The summed E-state index contributed by atoms with van der Waals surface area (Å²) in [5.74, 6) is 0.416. The number of nitrogens with one attached hydrogen (secondary N) is 2. The van der Waals surface area contributed by atoms with E-state index in [9.17, 15) is 8.78 Å². The zero-order valence-electron chi connectivity index (χ0n) is 13.5. The minimum Gasteiger partial charge on any atom is -0.486 e. The fourth-order valence-electron chi connectivity index (χ4n) is 2.48. The maximum absolute atomic E-state index is 13.8. The molecule has 0 spiro atoms. The van der Waals surface area contributed by atoms with Gasteiger partial charge in [0.2, 0.25) is 5.95 Å². The number of hydrogen-bond donors (Lipinski definition) is 2. The second kappa shape index (κ2) is 6.83. The topological polar surface area (TPSA) is 68.3 Å². The van der Waals surface area contributed by atoms with Gasteiger partial charge in [0.1, 0.15) is 36.4 Å². The number of aromatic nitrogens is 2. The van der Waals surface area contributed by atoms with Crippen LogP contribution < -0.4 is 20.1 Å². The zero-order chi connectivity index (χ0) is 17.9. The molecule has 4 rings (SSSR count). The van der Waals surface area contributed by atoms with Gasteiger partial charge < -0.3 is 20.1 Å². The van der Waals surface area contributed by atoms with Gasteiger partial charge in [-0.25, -0.2) is 13.8 Å². The molecule has 0 saturated carbocycles. The molecule has 2 N–H and O–H groups in total. The van der Waals surface area contributed by atoms with E-state index in [1.54, 1.807) is 18.2 Å². The van der Waals surface area contributed by atoms with Gasteiger partial charge in [0.15, 0.2) is 11.5 Å². The maximum Gasteiger partial charge on any atom is 0.229 e. The number of nitrogens with zero attached hydrogens (tertiary/aromatic N) is 2. The van der Waals surface area contributed by atoms with Gasteiger partial charge >= 0.3 is 0 Å². The lowest BCUT2D eigenvalue weighted by Gasteiger charge is -2.19. The van der Waals surface area contributed by atoms with Crippen molar-refractivity contribution in [1.82, 2.24) is 9.97 Å². The van der Waals surface area contributed by atoms with Gasteiger partial charge in [-0.05, 0) is 30.3 Å². The van der Waals surface area contributed by atoms with Crippen molar-refractivity contribution in [2.45, 2.75) is 0 Å². The number of anilines is 4. The molecule has 0 aliphatic carbocycles. The molecular weight excluding hydrogens is 342 g/mol. The van der Waals surface area contributed by atoms with Gasteiger partial charge in [-0.1, -0.05) is 6.07 Å². The average Bonchev–Trinajstić information content (AvgIpc) is 2.65. The molecule has 1 aromatic heterocycles. The van der Waals surface area contributed by atoms with Crippen LogP contribution in [-0.4, -0.2) is 23.2 Å². The number of halogens is 2. The van der Waals surface area contributed by atoms with Crippen LogP contribution in [0.1, 0.15) is 0 Å². The molecule has 2 aromatic carbocycles. The molecule has 3 aromatic rings. The standard InChI is InChI=1S/C18H14F2N4O2/c19-12-2-1-3-13(20)17(12)23-16-6-7-21-18(24-16)22-11-4-5-14-15(10-11)26-9-8-25-14/h1-7,10H,8-9H2,(H2,21,22,23,24). The van der Waals surface area contributed by atoms with Crippen LogP contribution in [0.2, 0.25) is 0 Å². The van der Waals surface area contributed by atoms with Gasteiger partial charge in [0.05, 0.1) is 0 Å². The van der Waals surface area contributed by atoms with Crippen LogP contribution in [0.4, 0.5) is 31.9 Å². The molecule has 8 heteroatoms. The predicted molar refractivity (Wildman–Crippen MR) is 92.4 cm³/mol. The molecule has 0 fully saturated rings. The Bertz CT molecular complexity index is 932. The quantitative estimate of drug-likeness (QED) is 0.736. The van der Waals surface area contributed by atoms with Crippen molar-refractivity contribution in [2.24, 2.45) is 0 Å². The van der Waals surface area contributed by atoms with Crippen molar-refractivity contribution in [1.29, 1.82) is 0 Å². The molecule has 2 heterocycles. The molecule has 132 valence electrons. The van der Waals surface area contributed by atoms with E-state index in [1.165, 1.54) is 30.5 Å². The lowest BCUT2D eigenvalue weighted by atomic mass is 10.2. The summed E-state index contributed by atoms with van der Waals surface area (Å²) < 4.78 is 38.5. The lowest BCUT2D eigenvalue weighted by Crippen LogP contribution is -2.15. The first-order valence-corrected chi connectivity index (χ1v) is 7.90. The summed E-state index contributed by atoms with van der Waals surface area (Å²) in [6.07, 6.45) is 1.48. The van der Waals surface area contributed by atoms with Crippen LogP contribution in [0, 0.1) is 11.6 Å². The van der Waals surface area contributed by atoms with Crippen LogP contribution in [0.25, 0.3) is 0 Å². The van der Waals surface area contributed by atoms with Crippen LogP contribution >= 0.6 is 0 Å². The Balaban J connectivity index is 1.54. The zero-order valence-corrected chi connectivity index (χ0v) is 13.5. The summed E-state index contributed by atoms with van der Waals surface area (Å²) in [5.41, 5.74) is 0.431. The van der Waals surface area contributed by atoms with E-state index in [0.717, 1.165) is 0 Å². The molecule has 0 bridgehead atoms. The van der Waals surface area contributed by atoms with E-state index in [0.29, 0.717) is 30.4 Å². The van der Waals surface area contributed by atoms with E-state index in [-0.39, 0.29) is 17.5 Å². The summed E-state index contributed by atoms with van der Waals surface area (Å²) >= 11 is 0. The van der Waals surface area contributed by atoms with Gasteiger partial charge in [-0.2, -0.15) is 4.98 Å². The highest BCUT2D eigenvalue weighted by Crippen LogP contribution is 2.33. The third-order valence-corrected chi connectivity index (χ3v) is 3.67. The van der Waals surface area contributed by atoms with Crippen molar-refractivity contribution < 1.29 is 18.3 Å². The van der Waals surface area contributed by atoms with Crippen molar-refractivity contribution >= 4 is 23.1 Å². The number of hydrogen-bond acceptors (Lipinski definition) is 6. The van der Waals surface area contributed by atoms with Crippen LogP contribution in [0.15, 0.2) is 48.7 Å². The smallest absolute Gasteiger partial charge is 0.229 e. The second-order valence-corrected chi connectivity index (χ2v) is 5.47. The van der Waals surface area contributed by atoms with Gasteiger partial charge in [0.25, 0.3) is 0 Å². The summed E-state index contributed by atoms with van der Waals surface area (Å²) in [7, 11) is 0. The van der Waals surface area contributed by atoms with Crippen LogP contribution in [-0.2, 0) is 0 Å². The van der Waals surface area contributed by atoms with Crippen LogP contribution in [0.3, 0.4) is 0 Å². The summed E-state index contributed by atoms with van der Waals surface area (Å²) in [4.78, 5) is 8.33. The first kappa shape index (κ1) is 16.1. The molecule has 0 unspecified atom stereocenters. The normalized spacial score (nSPS) is 12.5. The molecule has 0 saturated heterocycles. The predicted octanol–water partition coefficient (Wildman–Crippen LogP) is 4.01. The van der Waals surface area contributed by atoms with E-state index >= 15 is 0 Å². The Labute approximate surface area is 147 Å². The molecule has 1 aliphatic heterocycles. The van der Waals surface area contributed by atoms with Crippen molar-refractivity contribution in [2.75, 3.05) is 23.8 Å². The highest BCUT2D eigenvalue weighted by molar-refractivity contribution is 5.62. The molecule has 1 aliphatic rings. The number of para-hydroxylation sites is 1. The van der Waals surface area contributed by atoms with Gasteiger partial charge in [-0.3, -0.25) is 0 Å². The first-order valence-electron chi connectivity index (χ1n) is 7.90.